The lowest BCUT2D eigenvalue weighted by Crippen LogP contribution is -1.86. The van der Waals surface area contributed by atoms with Gasteiger partial charge >= 0.3 is 0 Å². The first-order valence-electron chi connectivity index (χ1n) is 6.05. The Morgan fingerprint density at radius 1 is 0.714 bits per heavy atom. The smallest absolute Gasteiger partial charge is 0.0697 e. The van der Waals surface area contributed by atoms with Crippen molar-refractivity contribution in [2.24, 2.45) is 0 Å². The molecule has 0 nitrogen and oxygen atoms in total. The first-order chi connectivity index (χ1) is 6.77. The molecular formula is C12H24Br2. The quantitative estimate of drug-likeness (QED) is 0.340. The first-order valence-corrected chi connectivity index (χ1v) is 7.88. The second-order valence-electron chi connectivity index (χ2n) is 4.01. The minimum absolute atomic E-state index is 0.527. The van der Waals surface area contributed by atoms with Crippen LogP contribution < -0.4 is 0 Å². The third kappa shape index (κ3) is 13.0. The van der Waals surface area contributed by atoms with Crippen molar-refractivity contribution in [3.05, 3.63) is 0 Å². The molecule has 0 aromatic heterocycles. The molecule has 0 aliphatic heterocycles. The van der Waals surface area contributed by atoms with Crippen LogP contribution in [0.15, 0.2) is 0 Å². The van der Waals surface area contributed by atoms with Gasteiger partial charge in [0.1, 0.15) is 0 Å². The molecule has 0 saturated carbocycles. The molecule has 2 heteroatoms. The summed E-state index contributed by atoms with van der Waals surface area (Å²) in [6.07, 6.45) is 14.0. The summed E-state index contributed by atoms with van der Waals surface area (Å²) in [5.41, 5.74) is 0. The molecule has 0 spiro atoms. The lowest BCUT2D eigenvalue weighted by Gasteiger charge is -2.02. The Hall–Kier alpha value is 0.960. The van der Waals surface area contributed by atoms with Gasteiger partial charge in [-0.15, -0.1) is 0 Å². The highest BCUT2D eigenvalue weighted by atomic mass is 79.9. The number of hydrogen-bond donors (Lipinski definition) is 0. The molecule has 0 bridgehead atoms. The molecule has 0 fully saturated rings. The summed E-state index contributed by atoms with van der Waals surface area (Å²) < 4.78 is 0.527. The van der Waals surface area contributed by atoms with Gasteiger partial charge in [-0.05, 0) is 6.42 Å². The summed E-state index contributed by atoms with van der Waals surface area (Å²) >= 11 is 7.00. The normalized spacial score (nSPS) is 11.1. The Kier molecular flexibility index (Phi) is 12.9. The third-order valence-electron chi connectivity index (χ3n) is 2.53. The maximum Gasteiger partial charge on any atom is 0.0697 e. The summed E-state index contributed by atoms with van der Waals surface area (Å²) in [5, 5.41) is 0. The second kappa shape index (κ2) is 12.0. The molecule has 0 aromatic carbocycles. The van der Waals surface area contributed by atoms with Gasteiger partial charge in [0, 0.05) is 0 Å². The van der Waals surface area contributed by atoms with Crippen LogP contribution in [0, 0.1) is 0 Å². The van der Waals surface area contributed by atoms with E-state index in [9.17, 15) is 0 Å². The molecule has 0 amide bonds. The van der Waals surface area contributed by atoms with E-state index in [4.69, 9.17) is 0 Å². The fourth-order valence-electron chi connectivity index (χ4n) is 1.61. The van der Waals surface area contributed by atoms with E-state index in [1.54, 1.807) is 0 Å². The monoisotopic (exact) mass is 326 g/mol. The molecule has 0 heterocycles. The highest BCUT2D eigenvalue weighted by molar-refractivity contribution is 9.24. The van der Waals surface area contributed by atoms with Crippen LogP contribution in [0.2, 0.25) is 0 Å². The van der Waals surface area contributed by atoms with Crippen molar-refractivity contribution in [1.82, 2.24) is 0 Å². The number of hydrogen-bond acceptors (Lipinski definition) is 0. The van der Waals surface area contributed by atoms with Gasteiger partial charge in [0.15, 0.2) is 0 Å². The van der Waals surface area contributed by atoms with Crippen molar-refractivity contribution in [2.75, 3.05) is 0 Å². The lowest BCUT2D eigenvalue weighted by molar-refractivity contribution is 0.562. The maximum absolute atomic E-state index is 3.50. The van der Waals surface area contributed by atoms with Crippen molar-refractivity contribution in [1.29, 1.82) is 0 Å². The zero-order valence-corrected chi connectivity index (χ0v) is 12.6. The van der Waals surface area contributed by atoms with E-state index in [0.717, 1.165) is 0 Å². The average Bonchev–Trinajstić information content (AvgIpc) is 2.15. The zero-order chi connectivity index (χ0) is 10.6. The minimum Gasteiger partial charge on any atom is -0.0765 e. The molecule has 0 aromatic rings. The highest BCUT2D eigenvalue weighted by Gasteiger charge is 1.96. The molecular weight excluding hydrogens is 304 g/mol. The Morgan fingerprint density at radius 3 is 1.57 bits per heavy atom. The van der Waals surface area contributed by atoms with Crippen molar-refractivity contribution in [2.45, 2.75) is 74.9 Å². The largest absolute Gasteiger partial charge is 0.0765 e. The molecule has 0 saturated heterocycles. The van der Waals surface area contributed by atoms with Gasteiger partial charge < -0.3 is 0 Å². The minimum atomic E-state index is 0.527. The van der Waals surface area contributed by atoms with E-state index in [-0.39, 0.29) is 0 Å². The molecule has 0 radical (unpaired) electrons. The summed E-state index contributed by atoms with van der Waals surface area (Å²) in [6.45, 7) is 2.27. The Morgan fingerprint density at radius 2 is 1.14 bits per heavy atom. The summed E-state index contributed by atoms with van der Waals surface area (Å²) in [4.78, 5) is 0. The van der Waals surface area contributed by atoms with Gasteiger partial charge in [-0.1, -0.05) is 96.6 Å². The molecule has 0 unspecified atom stereocenters. The van der Waals surface area contributed by atoms with Gasteiger partial charge in [0.2, 0.25) is 0 Å². The van der Waals surface area contributed by atoms with Crippen molar-refractivity contribution in [3.8, 4) is 0 Å². The Balaban J connectivity index is 2.85. The van der Waals surface area contributed by atoms with Gasteiger partial charge in [0.25, 0.3) is 0 Å². The van der Waals surface area contributed by atoms with E-state index in [1.165, 1.54) is 64.2 Å². The molecule has 0 rings (SSSR count). The lowest BCUT2D eigenvalue weighted by atomic mass is 10.1. The molecule has 0 aliphatic rings. The molecule has 0 aliphatic carbocycles. The van der Waals surface area contributed by atoms with Crippen molar-refractivity contribution < 1.29 is 0 Å². The maximum atomic E-state index is 3.50. The highest BCUT2D eigenvalue weighted by Crippen LogP contribution is 2.17. The number of halogens is 2. The van der Waals surface area contributed by atoms with Crippen LogP contribution in [0.1, 0.15) is 71.1 Å². The predicted molar refractivity (Wildman–Crippen MR) is 73.5 cm³/mol. The second-order valence-corrected chi connectivity index (χ2v) is 7.45. The van der Waals surface area contributed by atoms with E-state index in [1.807, 2.05) is 0 Å². The third-order valence-corrected chi connectivity index (χ3v) is 3.44. The number of rotatable bonds is 10. The van der Waals surface area contributed by atoms with Crippen LogP contribution in [0.25, 0.3) is 0 Å². The predicted octanol–water partition coefficient (Wildman–Crippen LogP) is 6.02. The van der Waals surface area contributed by atoms with E-state index < -0.39 is 0 Å². The van der Waals surface area contributed by atoms with Crippen LogP contribution >= 0.6 is 31.9 Å². The van der Waals surface area contributed by atoms with E-state index >= 15 is 0 Å². The average molecular weight is 328 g/mol. The van der Waals surface area contributed by atoms with Crippen molar-refractivity contribution in [3.63, 3.8) is 0 Å². The van der Waals surface area contributed by atoms with E-state index in [2.05, 4.69) is 38.8 Å². The van der Waals surface area contributed by atoms with Crippen LogP contribution in [-0.2, 0) is 0 Å². The van der Waals surface area contributed by atoms with Gasteiger partial charge in [-0.2, -0.15) is 0 Å². The van der Waals surface area contributed by atoms with Gasteiger partial charge in [0.05, 0.1) is 3.74 Å². The van der Waals surface area contributed by atoms with Crippen LogP contribution in [0.5, 0.6) is 0 Å². The van der Waals surface area contributed by atoms with Gasteiger partial charge in [-0.3, -0.25) is 0 Å². The standard InChI is InChI=1S/C12H24Br2/c1-2-3-4-5-6-7-8-9-10-11-12(13)14/h12H,2-11H2,1H3. The van der Waals surface area contributed by atoms with Crippen LogP contribution in [-0.4, -0.2) is 3.74 Å². The van der Waals surface area contributed by atoms with Crippen LogP contribution in [0.4, 0.5) is 0 Å². The van der Waals surface area contributed by atoms with E-state index in [0.29, 0.717) is 3.74 Å². The molecule has 0 atom stereocenters. The Labute approximate surface area is 106 Å². The zero-order valence-electron chi connectivity index (χ0n) is 9.40. The number of unbranched alkanes of at least 4 members (excludes halogenated alkanes) is 8. The summed E-state index contributed by atoms with van der Waals surface area (Å²) in [6, 6.07) is 0. The topological polar surface area (TPSA) is 0 Å². The first kappa shape index (κ1) is 15.0. The van der Waals surface area contributed by atoms with Gasteiger partial charge in [-0.25, -0.2) is 0 Å². The fraction of sp³-hybridized carbons (Fsp3) is 1.00. The molecule has 0 N–H and O–H groups in total. The fourth-order valence-corrected chi connectivity index (χ4v) is 2.26. The Bertz CT molecular complexity index is 102. The molecule has 14 heavy (non-hydrogen) atoms. The summed E-state index contributed by atoms with van der Waals surface area (Å²) in [7, 11) is 0. The van der Waals surface area contributed by atoms with Crippen molar-refractivity contribution >= 4 is 31.9 Å². The van der Waals surface area contributed by atoms with Crippen LogP contribution in [0.3, 0.4) is 0 Å². The molecule has 86 valence electrons. The number of alkyl halides is 2. The SMILES string of the molecule is CCCCCCCCCCCC(Br)Br. The summed E-state index contributed by atoms with van der Waals surface area (Å²) in [5.74, 6) is 0.